The molecule has 2 N–H and O–H groups in total. The smallest absolute Gasteiger partial charge is 0.107 e. The summed E-state index contributed by atoms with van der Waals surface area (Å²) in [6.45, 7) is 0.898. The van der Waals surface area contributed by atoms with Crippen LogP contribution in [-0.2, 0) is 6.42 Å². The summed E-state index contributed by atoms with van der Waals surface area (Å²) in [6.07, 6.45) is 5.56. The molecule has 2 aromatic heterocycles. The minimum Gasteiger partial charge on any atom is -0.384 e. The highest BCUT2D eigenvalue weighted by molar-refractivity contribution is 9.10. The summed E-state index contributed by atoms with van der Waals surface area (Å²) in [6, 6.07) is 10.1. The van der Waals surface area contributed by atoms with Gasteiger partial charge in [-0.2, -0.15) is 0 Å². The van der Waals surface area contributed by atoms with E-state index in [9.17, 15) is 0 Å². The van der Waals surface area contributed by atoms with Gasteiger partial charge in [0, 0.05) is 23.6 Å². The molecule has 1 aromatic carbocycles. The molecule has 0 spiro atoms. The van der Waals surface area contributed by atoms with Crippen molar-refractivity contribution < 1.29 is 0 Å². The third-order valence-corrected chi connectivity index (χ3v) is 3.50. The summed E-state index contributed by atoms with van der Waals surface area (Å²) in [7, 11) is 0. The maximum Gasteiger partial charge on any atom is 0.107 e. The van der Waals surface area contributed by atoms with Crippen LogP contribution in [0.15, 0.2) is 47.2 Å². The lowest BCUT2D eigenvalue weighted by atomic mass is 10.3. The number of pyridine rings is 1. The molecule has 0 aliphatic carbocycles. The van der Waals surface area contributed by atoms with Crippen molar-refractivity contribution in [3.8, 4) is 0 Å². The molecule has 0 amide bonds. The van der Waals surface area contributed by atoms with Gasteiger partial charge >= 0.3 is 0 Å². The van der Waals surface area contributed by atoms with E-state index in [0.717, 1.165) is 46.4 Å². The van der Waals surface area contributed by atoms with Gasteiger partial charge in [0.05, 0.1) is 22.9 Å². The number of para-hydroxylation sites is 2. The van der Waals surface area contributed by atoms with E-state index >= 15 is 0 Å². The molecule has 0 aliphatic rings. The molecule has 0 aliphatic heterocycles. The number of hydrogen-bond acceptors (Lipinski definition) is 3. The quantitative estimate of drug-likeness (QED) is 0.700. The second-order valence-electron chi connectivity index (χ2n) is 4.62. The molecule has 5 heteroatoms. The highest BCUT2D eigenvalue weighted by atomic mass is 79.9. The second-order valence-corrected chi connectivity index (χ2v) is 5.54. The Morgan fingerprint density at radius 1 is 1.20 bits per heavy atom. The molecular formula is C15H15BrN4. The van der Waals surface area contributed by atoms with Crippen LogP contribution in [-0.4, -0.2) is 21.5 Å². The van der Waals surface area contributed by atoms with Crippen molar-refractivity contribution in [2.45, 2.75) is 12.8 Å². The first-order chi connectivity index (χ1) is 9.81. The monoisotopic (exact) mass is 330 g/mol. The minimum atomic E-state index is 0.898. The molecule has 3 rings (SSSR count). The van der Waals surface area contributed by atoms with E-state index in [4.69, 9.17) is 0 Å². The molecule has 0 bridgehead atoms. The highest BCUT2D eigenvalue weighted by Gasteiger charge is 2.01. The van der Waals surface area contributed by atoms with Gasteiger partial charge in [0.1, 0.15) is 5.82 Å². The molecule has 0 atom stereocenters. The van der Waals surface area contributed by atoms with Crippen LogP contribution in [0.5, 0.6) is 0 Å². The van der Waals surface area contributed by atoms with Crippen molar-refractivity contribution in [2.75, 3.05) is 11.9 Å². The Hall–Kier alpha value is -1.88. The second kappa shape index (κ2) is 6.05. The molecule has 20 heavy (non-hydrogen) atoms. The largest absolute Gasteiger partial charge is 0.384 e. The van der Waals surface area contributed by atoms with Crippen LogP contribution < -0.4 is 5.32 Å². The number of halogens is 1. The third kappa shape index (κ3) is 3.17. The summed E-state index contributed by atoms with van der Waals surface area (Å²) >= 11 is 3.41. The number of anilines is 1. The molecule has 0 radical (unpaired) electrons. The maximum atomic E-state index is 4.57. The number of H-pyrrole nitrogens is 1. The van der Waals surface area contributed by atoms with Gasteiger partial charge in [-0.05, 0) is 40.5 Å². The van der Waals surface area contributed by atoms with Crippen LogP contribution in [0.2, 0.25) is 0 Å². The van der Waals surface area contributed by atoms with Crippen LogP contribution in [0.1, 0.15) is 12.2 Å². The molecule has 0 saturated carbocycles. The number of nitrogens with zero attached hydrogens (tertiary/aromatic N) is 2. The van der Waals surface area contributed by atoms with Crippen LogP contribution >= 0.6 is 15.9 Å². The zero-order valence-electron chi connectivity index (χ0n) is 10.9. The fraction of sp³-hybridized carbons (Fsp3) is 0.200. The molecule has 0 unspecified atom stereocenters. The van der Waals surface area contributed by atoms with Crippen LogP contribution in [0, 0.1) is 0 Å². The van der Waals surface area contributed by atoms with E-state index < -0.39 is 0 Å². The summed E-state index contributed by atoms with van der Waals surface area (Å²) in [4.78, 5) is 12.0. The van der Waals surface area contributed by atoms with Crippen molar-refractivity contribution >= 4 is 32.7 Å². The fourth-order valence-corrected chi connectivity index (χ4v) is 2.49. The Morgan fingerprint density at radius 3 is 2.95 bits per heavy atom. The first-order valence-corrected chi connectivity index (χ1v) is 7.38. The van der Waals surface area contributed by atoms with Gasteiger partial charge in [-0.15, -0.1) is 0 Å². The highest BCUT2D eigenvalue weighted by Crippen LogP contribution is 2.14. The number of benzene rings is 1. The molecule has 0 fully saturated rings. The van der Waals surface area contributed by atoms with E-state index in [1.807, 2.05) is 30.5 Å². The predicted octanol–water partition coefficient (Wildman–Crippen LogP) is 3.77. The molecule has 0 saturated heterocycles. The maximum absolute atomic E-state index is 4.57. The van der Waals surface area contributed by atoms with Gasteiger partial charge in [0.2, 0.25) is 0 Å². The van der Waals surface area contributed by atoms with Crippen LogP contribution in [0.25, 0.3) is 11.0 Å². The van der Waals surface area contributed by atoms with Gasteiger partial charge in [-0.3, -0.25) is 4.98 Å². The molecule has 102 valence electrons. The Balaban J connectivity index is 1.52. The number of hydrogen-bond donors (Lipinski definition) is 2. The van der Waals surface area contributed by atoms with Gasteiger partial charge < -0.3 is 10.3 Å². The van der Waals surface area contributed by atoms with Crippen molar-refractivity contribution in [3.63, 3.8) is 0 Å². The number of aromatic amines is 1. The van der Waals surface area contributed by atoms with Crippen molar-refractivity contribution in [3.05, 3.63) is 53.0 Å². The predicted molar refractivity (Wildman–Crippen MR) is 84.8 cm³/mol. The standard InChI is InChI=1S/C15H15BrN4/c16-11-8-12(10-17-9-11)18-7-3-6-15-19-13-4-1-2-5-14(13)20-15/h1-2,4-5,8-10,18H,3,6-7H2,(H,19,20). The number of aromatic nitrogens is 3. The van der Waals surface area contributed by atoms with Crippen molar-refractivity contribution in [1.82, 2.24) is 15.0 Å². The van der Waals surface area contributed by atoms with Crippen LogP contribution in [0.4, 0.5) is 5.69 Å². The number of aryl methyl sites for hydroxylation is 1. The Bertz CT molecular complexity index is 675. The summed E-state index contributed by atoms with van der Waals surface area (Å²) in [5.41, 5.74) is 3.17. The summed E-state index contributed by atoms with van der Waals surface area (Å²) < 4.78 is 0.986. The van der Waals surface area contributed by atoms with E-state index in [-0.39, 0.29) is 0 Å². The number of nitrogens with one attached hydrogen (secondary N) is 2. The molecule has 4 nitrogen and oxygen atoms in total. The number of imidazole rings is 1. The normalized spacial score (nSPS) is 10.8. The lowest BCUT2D eigenvalue weighted by Crippen LogP contribution is -2.03. The van der Waals surface area contributed by atoms with E-state index in [1.165, 1.54) is 0 Å². The Morgan fingerprint density at radius 2 is 2.10 bits per heavy atom. The van der Waals surface area contributed by atoms with E-state index in [2.05, 4.69) is 42.3 Å². The topological polar surface area (TPSA) is 53.6 Å². The van der Waals surface area contributed by atoms with Gasteiger partial charge in [-0.25, -0.2) is 4.98 Å². The number of fused-ring (bicyclic) bond motifs is 1. The van der Waals surface area contributed by atoms with Crippen molar-refractivity contribution in [2.24, 2.45) is 0 Å². The van der Waals surface area contributed by atoms with E-state index in [1.54, 1.807) is 6.20 Å². The first-order valence-electron chi connectivity index (χ1n) is 6.59. The lowest BCUT2D eigenvalue weighted by Gasteiger charge is -2.05. The van der Waals surface area contributed by atoms with Crippen molar-refractivity contribution in [1.29, 1.82) is 0 Å². The fourth-order valence-electron chi connectivity index (χ4n) is 2.12. The summed E-state index contributed by atoms with van der Waals surface area (Å²) in [5.74, 6) is 1.04. The zero-order valence-corrected chi connectivity index (χ0v) is 12.5. The Kier molecular flexibility index (Phi) is 3.97. The third-order valence-electron chi connectivity index (χ3n) is 3.06. The van der Waals surface area contributed by atoms with Gasteiger partial charge in [0.25, 0.3) is 0 Å². The van der Waals surface area contributed by atoms with Gasteiger partial charge in [0.15, 0.2) is 0 Å². The average Bonchev–Trinajstić information content (AvgIpc) is 2.86. The molecule has 3 aromatic rings. The zero-order chi connectivity index (χ0) is 13.8. The summed E-state index contributed by atoms with van der Waals surface area (Å²) in [5, 5.41) is 3.36. The SMILES string of the molecule is Brc1cncc(NCCCc2nc3ccccc3[nH]2)c1. The molecular weight excluding hydrogens is 316 g/mol. The van der Waals surface area contributed by atoms with E-state index in [0.29, 0.717) is 0 Å². The first kappa shape index (κ1) is 13.1. The Labute approximate surface area is 125 Å². The van der Waals surface area contributed by atoms with Crippen LogP contribution in [0.3, 0.4) is 0 Å². The average molecular weight is 331 g/mol. The minimum absolute atomic E-state index is 0.898. The molecule has 2 heterocycles. The number of rotatable bonds is 5. The lowest BCUT2D eigenvalue weighted by molar-refractivity contribution is 0.819. The van der Waals surface area contributed by atoms with Gasteiger partial charge in [-0.1, -0.05) is 12.1 Å².